The first-order chi connectivity index (χ1) is 14.6. The highest BCUT2D eigenvalue weighted by molar-refractivity contribution is 5.95. The number of hydrogen-bond acceptors (Lipinski definition) is 4. The minimum Gasteiger partial charge on any atom is -0.384 e. The van der Waals surface area contributed by atoms with Gasteiger partial charge in [-0.2, -0.15) is 0 Å². The van der Waals surface area contributed by atoms with Crippen LogP contribution in [0.5, 0.6) is 0 Å². The Balaban J connectivity index is 1.70. The van der Waals surface area contributed by atoms with Crippen molar-refractivity contribution in [2.75, 3.05) is 11.1 Å². The van der Waals surface area contributed by atoms with E-state index in [2.05, 4.69) is 46.8 Å². The van der Waals surface area contributed by atoms with Crippen molar-refractivity contribution in [3.63, 3.8) is 0 Å². The van der Waals surface area contributed by atoms with E-state index in [1.165, 1.54) is 0 Å². The standard InChI is InChI=1S/C25H24N4O/c1-2-23(29-25(30)17-8-4-3-5-9-17)22-15-20(14-18-10-6-7-11-21(18)22)28-19-12-13-24(26)27-16-19/h3-16,23,28H,2H2,1H3,(H2,26,27)(H,29,30)/t23-/m1/s1. The minimum atomic E-state index is -0.117. The maximum atomic E-state index is 12.8. The van der Waals surface area contributed by atoms with Crippen LogP contribution in [-0.4, -0.2) is 10.9 Å². The number of nitrogens with two attached hydrogens (primary N) is 1. The van der Waals surface area contributed by atoms with Crippen LogP contribution >= 0.6 is 0 Å². The molecule has 5 heteroatoms. The molecule has 5 nitrogen and oxygen atoms in total. The number of carbonyl (C=O) groups is 1. The summed E-state index contributed by atoms with van der Waals surface area (Å²) in [5.74, 6) is 0.405. The molecule has 150 valence electrons. The van der Waals surface area contributed by atoms with Crippen LogP contribution in [0.4, 0.5) is 17.2 Å². The number of pyridine rings is 1. The van der Waals surface area contributed by atoms with Crippen molar-refractivity contribution in [1.29, 1.82) is 0 Å². The molecule has 0 saturated carbocycles. The summed E-state index contributed by atoms with van der Waals surface area (Å²) in [5.41, 5.74) is 9.21. The van der Waals surface area contributed by atoms with Crippen LogP contribution in [0.15, 0.2) is 85.1 Å². The Morgan fingerprint density at radius 2 is 1.73 bits per heavy atom. The molecule has 0 aliphatic rings. The molecule has 4 N–H and O–H groups in total. The van der Waals surface area contributed by atoms with Crippen molar-refractivity contribution in [2.24, 2.45) is 0 Å². The molecule has 4 aromatic rings. The Kier molecular flexibility index (Phi) is 5.61. The summed E-state index contributed by atoms with van der Waals surface area (Å²) in [5, 5.41) is 8.82. The molecule has 0 aliphatic carbocycles. The smallest absolute Gasteiger partial charge is 0.251 e. The Bertz CT molecular complexity index is 1160. The molecular weight excluding hydrogens is 372 g/mol. The van der Waals surface area contributed by atoms with Gasteiger partial charge >= 0.3 is 0 Å². The van der Waals surface area contributed by atoms with Crippen molar-refractivity contribution < 1.29 is 4.79 Å². The van der Waals surface area contributed by atoms with Gasteiger partial charge in [-0.25, -0.2) is 4.98 Å². The topological polar surface area (TPSA) is 80.0 Å². The van der Waals surface area contributed by atoms with Gasteiger partial charge in [0.2, 0.25) is 0 Å². The van der Waals surface area contributed by atoms with Crippen LogP contribution < -0.4 is 16.4 Å². The first kappa shape index (κ1) is 19.5. The van der Waals surface area contributed by atoms with Gasteiger partial charge in [-0.15, -0.1) is 0 Å². The lowest BCUT2D eigenvalue weighted by molar-refractivity contribution is 0.0936. The molecule has 0 aliphatic heterocycles. The normalized spacial score (nSPS) is 11.8. The quantitative estimate of drug-likeness (QED) is 0.405. The van der Waals surface area contributed by atoms with Gasteiger partial charge in [0.1, 0.15) is 5.82 Å². The molecule has 4 rings (SSSR count). The van der Waals surface area contributed by atoms with Crippen molar-refractivity contribution in [3.05, 3.63) is 96.2 Å². The summed E-state index contributed by atoms with van der Waals surface area (Å²) < 4.78 is 0. The first-order valence-electron chi connectivity index (χ1n) is 10.0. The molecule has 1 amide bonds. The monoisotopic (exact) mass is 396 g/mol. The molecule has 0 fully saturated rings. The van der Waals surface area contributed by atoms with Crippen LogP contribution in [0, 0.1) is 0 Å². The fourth-order valence-electron chi connectivity index (χ4n) is 3.58. The number of carbonyl (C=O) groups excluding carboxylic acids is 1. The Morgan fingerprint density at radius 1 is 0.967 bits per heavy atom. The van der Waals surface area contributed by atoms with Crippen molar-refractivity contribution in [1.82, 2.24) is 10.3 Å². The van der Waals surface area contributed by atoms with Gasteiger partial charge in [-0.05, 0) is 59.2 Å². The van der Waals surface area contributed by atoms with Crippen LogP contribution in [0.1, 0.15) is 35.3 Å². The highest BCUT2D eigenvalue weighted by atomic mass is 16.1. The van der Waals surface area contributed by atoms with E-state index in [0.29, 0.717) is 11.4 Å². The number of hydrogen-bond donors (Lipinski definition) is 3. The highest BCUT2D eigenvalue weighted by Crippen LogP contribution is 2.31. The van der Waals surface area contributed by atoms with Crippen LogP contribution in [-0.2, 0) is 0 Å². The largest absolute Gasteiger partial charge is 0.384 e. The summed E-state index contributed by atoms with van der Waals surface area (Å²) in [4.78, 5) is 16.9. The van der Waals surface area contributed by atoms with Crippen molar-refractivity contribution in [3.8, 4) is 0 Å². The number of amides is 1. The van der Waals surface area contributed by atoms with E-state index in [1.807, 2.05) is 48.5 Å². The van der Waals surface area contributed by atoms with Gasteiger partial charge in [0.05, 0.1) is 17.9 Å². The predicted molar refractivity (Wildman–Crippen MR) is 123 cm³/mol. The molecule has 1 heterocycles. The van der Waals surface area contributed by atoms with E-state index >= 15 is 0 Å². The number of rotatable bonds is 6. The average Bonchev–Trinajstić information content (AvgIpc) is 2.79. The number of nitrogens with one attached hydrogen (secondary N) is 2. The number of aromatic nitrogens is 1. The minimum absolute atomic E-state index is 0.0763. The summed E-state index contributed by atoms with van der Waals surface area (Å²) in [6.07, 6.45) is 2.48. The Morgan fingerprint density at radius 3 is 2.47 bits per heavy atom. The zero-order chi connectivity index (χ0) is 20.9. The molecular formula is C25H24N4O. The molecule has 3 aromatic carbocycles. The van der Waals surface area contributed by atoms with Crippen molar-refractivity contribution in [2.45, 2.75) is 19.4 Å². The van der Waals surface area contributed by atoms with Crippen LogP contribution in [0.3, 0.4) is 0 Å². The van der Waals surface area contributed by atoms with E-state index in [1.54, 1.807) is 12.3 Å². The molecule has 0 radical (unpaired) electrons. The second-order valence-electron chi connectivity index (χ2n) is 7.18. The number of anilines is 3. The van der Waals surface area contributed by atoms with E-state index < -0.39 is 0 Å². The number of fused-ring (bicyclic) bond motifs is 1. The SMILES string of the molecule is CC[C@@H](NC(=O)c1ccccc1)c1cc(Nc2ccc(N)nc2)cc2ccccc12. The van der Waals surface area contributed by atoms with Crippen LogP contribution in [0.2, 0.25) is 0 Å². The molecule has 1 atom stereocenters. The summed E-state index contributed by atoms with van der Waals surface area (Å²) in [7, 11) is 0. The van der Waals surface area contributed by atoms with Gasteiger partial charge in [0.25, 0.3) is 5.91 Å². The zero-order valence-corrected chi connectivity index (χ0v) is 16.8. The second kappa shape index (κ2) is 8.66. The molecule has 30 heavy (non-hydrogen) atoms. The lowest BCUT2D eigenvalue weighted by Gasteiger charge is -2.21. The predicted octanol–water partition coefficient (Wildman–Crippen LogP) is 5.44. The van der Waals surface area contributed by atoms with Crippen LogP contribution in [0.25, 0.3) is 10.8 Å². The highest BCUT2D eigenvalue weighted by Gasteiger charge is 2.17. The van der Waals surface area contributed by atoms with Gasteiger partial charge in [-0.1, -0.05) is 49.4 Å². The summed E-state index contributed by atoms with van der Waals surface area (Å²) in [6, 6.07) is 25.2. The van der Waals surface area contributed by atoms with E-state index in [-0.39, 0.29) is 11.9 Å². The molecule has 0 spiro atoms. The maximum Gasteiger partial charge on any atom is 0.251 e. The molecule has 0 saturated heterocycles. The van der Waals surface area contributed by atoms with Crippen molar-refractivity contribution >= 4 is 33.9 Å². The van der Waals surface area contributed by atoms with Gasteiger partial charge < -0.3 is 16.4 Å². The van der Waals surface area contributed by atoms with Gasteiger partial charge in [0, 0.05) is 11.3 Å². The number of nitrogens with zero attached hydrogens (tertiary/aromatic N) is 1. The van der Waals surface area contributed by atoms with E-state index in [0.717, 1.165) is 34.1 Å². The number of benzene rings is 3. The Hall–Kier alpha value is -3.86. The summed E-state index contributed by atoms with van der Waals surface area (Å²) >= 11 is 0. The molecule has 0 unspecified atom stereocenters. The third-order valence-corrected chi connectivity index (χ3v) is 5.09. The zero-order valence-electron chi connectivity index (χ0n) is 16.8. The summed E-state index contributed by atoms with van der Waals surface area (Å²) in [6.45, 7) is 2.08. The van der Waals surface area contributed by atoms with Gasteiger partial charge in [-0.3, -0.25) is 4.79 Å². The lowest BCUT2D eigenvalue weighted by Crippen LogP contribution is -2.28. The molecule has 0 bridgehead atoms. The van der Waals surface area contributed by atoms with Gasteiger partial charge in [0.15, 0.2) is 0 Å². The first-order valence-corrected chi connectivity index (χ1v) is 10.0. The van der Waals surface area contributed by atoms with E-state index in [4.69, 9.17) is 5.73 Å². The fraction of sp³-hybridized carbons (Fsp3) is 0.120. The third kappa shape index (κ3) is 4.25. The average molecular weight is 396 g/mol. The lowest BCUT2D eigenvalue weighted by atomic mass is 9.95. The maximum absolute atomic E-state index is 12.8. The third-order valence-electron chi connectivity index (χ3n) is 5.09. The van der Waals surface area contributed by atoms with E-state index in [9.17, 15) is 4.79 Å². The molecule has 1 aromatic heterocycles. The Labute approximate surface area is 176 Å². The number of nitrogen functional groups attached to an aromatic ring is 1. The second-order valence-corrected chi connectivity index (χ2v) is 7.18. The fourth-order valence-corrected chi connectivity index (χ4v) is 3.58.